The number of aromatic nitrogens is 2. The van der Waals surface area contributed by atoms with Crippen molar-refractivity contribution in [3.8, 4) is 0 Å². The SMILES string of the molecule is CC1CCCC(c2nncs2)CC1. The van der Waals surface area contributed by atoms with E-state index in [2.05, 4.69) is 17.1 Å². The summed E-state index contributed by atoms with van der Waals surface area (Å²) in [5.41, 5.74) is 1.85. The predicted octanol–water partition coefficient (Wildman–Crippen LogP) is 3.22. The Morgan fingerprint density at radius 1 is 1.31 bits per heavy atom. The Hall–Kier alpha value is -0.440. The quantitative estimate of drug-likeness (QED) is 0.644. The zero-order chi connectivity index (χ0) is 9.10. The van der Waals surface area contributed by atoms with Crippen molar-refractivity contribution in [3.63, 3.8) is 0 Å². The lowest BCUT2D eigenvalue weighted by Crippen LogP contribution is -1.97. The second-order valence-electron chi connectivity index (χ2n) is 4.09. The fraction of sp³-hybridized carbons (Fsp3) is 0.800. The molecule has 72 valence electrons. The van der Waals surface area contributed by atoms with Crippen LogP contribution in [0.3, 0.4) is 0 Å². The molecule has 0 radical (unpaired) electrons. The smallest absolute Gasteiger partial charge is 0.120 e. The Morgan fingerprint density at radius 3 is 3.00 bits per heavy atom. The van der Waals surface area contributed by atoms with Crippen LogP contribution in [0.5, 0.6) is 0 Å². The normalized spacial score (nSPS) is 29.9. The maximum Gasteiger partial charge on any atom is 0.120 e. The van der Waals surface area contributed by atoms with Crippen molar-refractivity contribution in [1.82, 2.24) is 10.2 Å². The second-order valence-corrected chi connectivity index (χ2v) is 4.95. The molecule has 2 nitrogen and oxygen atoms in total. The molecule has 0 spiro atoms. The molecule has 0 bridgehead atoms. The van der Waals surface area contributed by atoms with Crippen LogP contribution < -0.4 is 0 Å². The van der Waals surface area contributed by atoms with Crippen molar-refractivity contribution in [2.45, 2.75) is 44.9 Å². The maximum absolute atomic E-state index is 4.18. The summed E-state index contributed by atoms with van der Waals surface area (Å²) in [6, 6.07) is 0. The molecule has 0 aromatic carbocycles. The third kappa shape index (κ3) is 2.27. The van der Waals surface area contributed by atoms with Crippen molar-refractivity contribution in [2.24, 2.45) is 5.92 Å². The molecule has 0 saturated heterocycles. The molecule has 3 heteroatoms. The van der Waals surface area contributed by atoms with Crippen molar-refractivity contribution in [1.29, 1.82) is 0 Å². The summed E-state index contributed by atoms with van der Waals surface area (Å²) in [5, 5.41) is 9.35. The Balaban J connectivity index is 2.00. The van der Waals surface area contributed by atoms with E-state index in [0.29, 0.717) is 5.92 Å². The van der Waals surface area contributed by atoms with Crippen LogP contribution in [0, 0.1) is 5.92 Å². The molecule has 0 N–H and O–H groups in total. The number of hydrogen-bond acceptors (Lipinski definition) is 3. The monoisotopic (exact) mass is 196 g/mol. The Morgan fingerprint density at radius 2 is 2.23 bits per heavy atom. The van der Waals surface area contributed by atoms with E-state index in [1.165, 1.54) is 37.1 Å². The van der Waals surface area contributed by atoms with Gasteiger partial charge in [-0.1, -0.05) is 26.2 Å². The summed E-state index contributed by atoms with van der Waals surface area (Å²) < 4.78 is 0. The molecule has 0 amide bonds. The van der Waals surface area contributed by atoms with Crippen LogP contribution in [-0.2, 0) is 0 Å². The van der Waals surface area contributed by atoms with Gasteiger partial charge in [-0.25, -0.2) is 0 Å². The van der Waals surface area contributed by atoms with Gasteiger partial charge in [0.05, 0.1) is 0 Å². The molecule has 1 aliphatic carbocycles. The van der Waals surface area contributed by atoms with E-state index in [-0.39, 0.29) is 0 Å². The zero-order valence-electron chi connectivity index (χ0n) is 8.07. The Labute approximate surface area is 83.4 Å². The van der Waals surface area contributed by atoms with Gasteiger partial charge in [-0.2, -0.15) is 0 Å². The average molecular weight is 196 g/mol. The number of hydrogen-bond donors (Lipinski definition) is 0. The van der Waals surface area contributed by atoms with Crippen molar-refractivity contribution < 1.29 is 0 Å². The lowest BCUT2D eigenvalue weighted by molar-refractivity contribution is 0.499. The van der Waals surface area contributed by atoms with Gasteiger partial charge in [-0.15, -0.1) is 21.5 Å². The highest BCUT2D eigenvalue weighted by atomic mass is 32.1. The molecule has 1 aliphatic rings. The first-order chi connectivity index (χ1) is 6.36. The molecule has 13 heavy (non-hydrogen) atoms. The van der Waals surface area contributed by atoms with Crippen LogP contribution in [0.2, 0.25) is 0 Å². The fourth-order valence-corrected chi connectivity index (χ4v) is 2.82. The third-order valence-corrected chi connectivity index (χ3v) is 3.84. The second kappa shape index (κ2) is 4.18. The van der Waals surface area contributed by atoms with Gasteiger partial charge in [0, 0.05) is 5.92 Å². The highest BCUT2D eigenvalue weighted by Gasteiger charge is 2.19. The summed E-state index contributed by atoms with van der Waals surface area (Å²) in [5.74, 6) is 1.62. The van der Waals surface area contributed by atoms with Gasteiger partial charge in [0.2, 0.25) is 0 Å². The lowest BCUT2D eigenvalue weighted by atomic mass is 10.00. The maximum atomic E-state index is 4.18. The third-order valence-electron chi connectivity index (χ3n) is 2.98. The summed E-state index contributed by atoms with van der Waals surface area (Å²) in [7, 11) is 0. The molecule has 2 atom stereocenters. The van der Waals surface area contributed by atoms with Gasteiger partial charge in [0.15, 0.2) is 0 Å². The van der Waals surface area contributed by atoms with E-state index in [0.717, 1.165) is 5.92 Å². The highest BCUT2D eigenvalue weighted by Crippen LogP contribution is 2.34. The molecule has 1 aromatic rings. The molecule has 1 heterocycles. The first-order valence-corrected chi connectivity index (χ1v) is 6.00. The minimum Gasteiger partial charge on any atom is -0.147 e. The number of rotatable bonds is 1. The van der Waals surface area contributed by atoms with Crippen LogP contribution in [0.1, 0.15) is 50.0 Å². The van der Waals surface area contributed by atoms with E-state index in [1.807, 2.05) is 5.51 Å². The fourth-order valence-electron chi connectivity index (χ4n) is 2.09. The average Bonchev–Trinajstić information content (AvgIpc) is 2.56. The van der Waals surface area contributed by atoms with Crippen LogP contribution in [0.25, 0.3) is 0 Å². The number of nitrogens with zero attached hydrogens (tertiary/aromatic N) is 2. The van der Waals surface area contributed by atoms with Crippen molar-refractivity contribution in [2.75, 3.05) is 0 Å². The molecule has 0 aliphatic heterocycles. The molecule has 2 rings (SSSR count). The minimum absolute atomic E-state index is 0.706. The molecule has 2 unspecified atom stereocenters. The molecular formula is C10H16N2S. The first kappa shape index (κ1) is 9.13. The van der Waals surface area contributed by atoms with E-state index in [1.54, 1.807) is 11.3 Å². The van der Waals surface area contributed by atoms with Gasteiger partial charge >= 0.3 is 0 Å². The standard InChI is InChI=1S/C10H16N2S/c1-8-3-2-4-9(6-5-8)10-12-11-7-13-10/h7-9H,2-6H2,1H3. The van der Waals surface area contributed by atoms with Crippen molar-refractivity contribution >= 4 is 11.3 Å². The van der Waals surface area contributed by atoms with E-state index >= 15 is 0 Å². The van der Waals surface area contributed by atoms with Crippen LogP contribution in [-0.4, -0.2) is 10.2 Å². The van der Waals surface area contributed by atoms with Gasteiger partial charge in [-0.3, -0.25) is 0 Å². The Bertz CT molecular complexity index is 245. The highest BCUT2D eigenvalue weighted by molar-refractivity contribution is 7.09. The summed E-state index contributed by atoms with van der Waals surface area (Å²) >= 11 is 1.72. The van der Waals surface area contributed by atoms with Gasteiger partial charge in [-0.05, 0) is 18.8 Å². The summed E-state index contributed by atoms with van der Waals surface area (Å²) in [4.78, 5) is 0. The van der Waals surface area contributed by atoms with Crippen LogP contribution in [0.4, 0.5) is 0 Å². The van der Waals surface area contributed by atoms with Gasteiger partial charge in [0.1, 0.15) is 10.5 Å². The van der Waals surface area contributed by atoms with Gasteiger partial charge < -0.3 is 0 Å². The first-order valence-electron chi connectivity index (χ1n) is 5.12. The Kier molecular flexibility index (Phi) is 2.94. The molecule has 1 saturated carbocycles. The summed E-state index contributed by atoms with van der Waals surface area (Å²) in [6.07, 6.45) is 6.76. The predicted molar refractivity (Wildman–Crippen MR) is 54.9 cm³/mol. The molecule has 1 aromatic heterocycles. The molecular weight excluding hydrogens is 180 g/mol. The lowest BCUT2D eigenvalue weighted by Gasteiger charge is -2.09. The van der Waals surface area contributed by atoms with E-state index in [9.17, 15) is 0 Å². The van der Waals surface area contributed by atoms with Crippen LogP contribution in [0.15, 0.2) is 5.51 Å². The topological polar surface area (TPSA) is 25.8 Å². The van der Waals surface area contributed by atoms with E-state index < -0.39 is 0 Å². The largest absolute Gasteiger partial charge is 0.147 e. The minimum atomic E-state index is 0.706. The van der Waals surface area contributed by atoms with E-state index in [4.69, 9.17) is 0 Å². The molecule has 1 fully saturated rings. The summed E-state index contributed by atoms with van der Waals surface area (Å²) in [6.45, 7) is 2.36. The van der Waals surface area contributed by atoms with Gasteiger partial charge in [0.25, 0.3) is 0 Å². The van der Waals surface area contributed by atoms with Crippen molar-refractivity contribution in [3.05, 3.63) is 10.5 Å². The zero-order valence-corrected chi connectivity index (χ0v) is 8.89. The van der Waals surface area contributed by atoms with Crippen LogP contribution >= 0.6 is 11.3 Å².